The van der Waals surface area contributed by atoms with Gasteiger partial charge < -0.3 is 9.64 Å². The van der Waals surface area contributed by atoms with Crippen LogP contribution in [-0.4, -0.2) is 37.7 Å². The third-order valence-electron chi connectivity index (χ3n) is 1.17. The molecule has 1 atom stereocenters. The van der Waals surface area contributed by atoms with Crippen molar-refractivity contribution in [2.75, 3.05) is 20.7 Å². The fourth-order valence-corrected chi connectivity index (χ4v) is 0.703. The standard InChI is InChI=1S/C6H12N2O/c1-5-4-9-6(7-5)8(2)3/h5H,4H2,1-3H3. The maximum absolute atomic E-state index is 5.20. The second kappa shape index (κ2) is 2.25. The summed E-state index contributed by atoms with van der Waals surface area (Å²) in [6.45, 7) is 2.77. The highest BCUT2D eigenvalue weighted by molar-refractivity contribution is 5.74. The van der Waals surface area contributed by atoms with Gasteiger partial charge in [-0.05, 0) is 6.92 Å². The van der Waals surface area contributed by atoms with Crippen LogP contribution in [-0.2, 0) is 4.74 Å². The van der Waals surface area contributed by atoms with Crippen LogP contribution in [0.1, 0.15) is 6.92 Å². The molecule has 1 unspecified atom stereocenters. The summed E-state index contributed by atoms with van der Waals surface area (Å²) in [4.78, 5) is 6.09. The molecule has 1 heterocycles. The second-order valence-corrected chi connectivity index (χ2v) is 2.47. The van der Waals surface area contributed by atoms with E-state index in [-0.39, 0.29) is 0 Å². The van der Waals surface area contributed by atoms with Crippen molar-refractivity contribution in [3.05, 3.63) is 0 Å². The maximum Gasteiger partial charge on any atom is 0.287 e. The lowest BCUT2D eigenvalue weighted by Gasteiger charge is -2.09. The van der Waals surface area contributed by atoms with Gasteiger partial charge in [0.2, 0.25) is 0 Å². The zero-order chi connectivity index (χ0) is 6.85. The monoisotopic (exact) mass is 128 g/mol. The fourth-order valence-electron chi connectivity index (χ4n) is 0.703. The van der Waals surface area contributed by atoms with Gasteiger partial charge in [0.15, 0.2) is 0 Å². The first-order valence-electron chi connectivity index (χ1n) is 3.08. The highest BCUT2D eigenvalue weighted by atomic mass is 16.5. The van der Waals surface area contributed by atoms with Crippen molar-refractivity contribution >= 4 is 6.02 Å². The third kappa shape index (κ3) is 1.34. The first-order valence-corrected chi connectivity index (χ1v) is 3.08. The molecule has 3 heteroatoms. The van der Waals surface area contributed by atoms with E-state index in [9.17, 15) is 0 Å². The Morgan fingerprint density at radius 3 is 2.56 bits per heavy atom. The van der Waals surface area contributed by atoms with Crippen molar-refractivity contribution in [1.29, 1.82) is 0 Å². The summed E-state index contributed by atoms with van der Waals surface area (Å²) in [5, 5.41) is 0. The lowest BCUT2D eigenvalue weighted by molar-refractivity contribution is 0.282. The fraction of sp³-hybridized carbons (Fsp3) is 0.833. The molecule has 0 amide bonds. The van der Waals surface area contributed by atoms with Crippen LogP contribution in [0.4, 0.5) is 0 Å². The van der Waals surface area contributed by atoms with E-state index in [1.807, 2.05) is 25.9 Å². The van der Waals surface area contributed by atoms with Crippen molar-refractivity contribution in [3.8, 4) is 0 Å². The van der Waals surface area contributed by atoms with Crippen molar-refractivity contribution in [2.45, 2.75) is 13.0 Å². The molecule has 0 saturated heterocycles. The molecule has 0 saturated carbocycles. The molecule has 1 rings (SSSR count). The average Bonchev–Trinajstić information content (AvgIpc) is 2.14. The summed E-state index contributed by atoms with van der Waals surface area (Å²) in [6.07, 6.45) is 0. The van der Waals surface area contributed by atoms with Gasteiger partial charge in [0.1, 0.15) is 6.61 Å². The minimum Gasteiger partial charge on any atom is -0.463 e. The van der Waals surface area contributed by atoms with Crippen LogP contribution < -0.4 is 0 Å². The number of amidine groups is 1. The second-order valence-electron chi connectivity index (χ2n) is 2.47. The molecule has 3 nitrogen and oxygen atoms in total. The van der Waals surface area contributed by atoms with E-state index < -0.39 is 0 Å². The predicted molar refractivity (Wildman–Crippen MR) is 36.5 cm³/mol. The average molecular weight is 128 g/mol. The van der Waals surface area contributed by atoms with Crippen LogP contribution in [0.25, 0.3) is 0 Å². The number of hydrogen-bond acceptors (Lipinski definition) is 3. The summed E-state index contributed by atoms with van der Waals surface area (Å²) in [5.74, 6) is 0. The summed E-state index contributed by atoms with van der Waals surface area (Å²) in [5.41, 5.74) is 0. The van der Waals surface area contributed by atoms with Gasteiger partial charge in [0, 0.05) is 14.1 Å². The molecule has 0 aromatic rings. The van der Waals surface area contributed by atoms with Gasteiger partial charge in [-0.1, -0.05) is 0 Å². The Labute approximate surface area is 55.3 Å². The van der Waals surface area contributed by atoms with E-state index in [1.165, 1.54) is 0 Å². The van der Waals surface area contributed by atoms with Gasteiger partial charge in [-0.25, -0.2) is 4.99 Å². The Morgan fingerprint density at radius 1 is 1.67 bits per heavy atom. The number of hydrogen-bond donors (Lipinski definition) is 0. The van der Waals surface area contributed by atoms with Crippen LogP contribution in [0.15, 0.2) is 4.99 Å². The highest BCUT2D eigenvalue weighted by Gasteiger charge is 2.14. The van der Waals surface area contributed by atoms with Gasteiger partial charge in [-0.15, -0.1) is 0 Å². The lowest BCUT2D eigenvalue weighted by atomic mass is 10.4. The van der Waals surface area contributed by atoms with E-state index in [2.05, 4.69) is 4.99 Å². The van der Waals surface area contributed by atoms with Gasteiger partial charge in [0.05, 0.1) is 6.04 Å². The Kier molecular flexibility index (Phi) is 1.60. The van der Waals surface area contributed by atoms with Crippen LogP contribution >= 0.6 is 0 Å². The Balaban J connectivity index is 2.52. The molecule has 0 N–H and O–H groups in total. The molecule has 1 aliphatic rings. The zero-order valence-electron chi connectivity index (χ0n) is 6.09. The molecule has 0 aromatic carbocycles. The van der Waals surface area contributed by atoms with Crippen molar-refractivity contribution in [1.82, 2.24) is 4.90 Å². The molecule has 0 spiro atoms. The highest BCUT2D eigenvalue weighted by Crippen LogP contribution is 2.03. The number of nitrogens with zero attached hydrogens (tertiary/aromatic N) is 2. The molecule has 0 aromatic heterocycles. The maximum atomic E-state index is 5.20. The first kappa shape index (κ1) is 6.39. The van der Waals surface area contributed by atoms with Gasteiger partial charge >= 0.3 is 0 Å². The first-order chi connectivity index (χ1) is 4.20. The molecule has 1 aliphatic heterocycles. The van der Waals surface area contributed by atoms with E-state index >= 15 is 0 Å². The molecule has 0 aliphatic carbocycles. The van der Waals surface area contributed by atoms with Gasteiger partial charge in [-0.2, -0.15) is 0 Å². The normalized spacial score (nSPS) is 25.2. The summed E-state index contributed by atoms with van der Waals surface area (Å²) in [7, 11) is 3.85. The molecular formula is C6H12N2O. The van der Waals surface area contributed by atoms with E-state index in [4.69, 9.17) is 4.74 Å². The van der Waals surface area contributed by atoms with E-state index in [0.717, 1.165) is 12.6 Å². The van der Waals surface area contributed by atoms with Crippen LogP contribution in [0.5, 0.6) is 0 Å². The van der Waals surface area contributed by atoms with Gasteiger partial charge in [0.25, 0.3) is 6.02 Å². The predicted octanol–water partition coefficient (Wildman–Crippen LogP) is 0.323. The lowest BCUT2D eigenvalue weighted by Crippen LogP contribution is -2.21. The molecule has 9 heavy (non-hydrogen) atoms. The van der Waals surface area contributed by atoms with Crippen molar-refractivity contribution < 1.29 is 4.74 Å². The number of ether oxygens (including phenoxy) is 1. The largest absolute Gasteiger partial charge is 0.463 e. The Hall–Kier alpha value is -0.730. The van der Waals surface area contributed by atoms with Crippen LogP contribution in [0.2, 0.25) is 0 Å². The zero-order valence-corrected chi connectivity index (χ0v) is 6.09. The number of aliphatic imine (C=N–C) groups is 1. The van der Waals surface area contributed by atoms with Crippen LogP contribution in [0, 0.1) is 0 Å². The Morgan fingerprint density at radius 2 is 2.33 bits per heavy atom. The SMILES string of the molecule is CC1COC(N(C)C)=N1. The number of rotatable bonds is 0. The smallest absolute Gasteiger partial charge is 0.287 e. The Bertz CT molecular complexity index is 131. The van der Waals surface area contributed by atoms with Crippen molar-refractivity contribution in [2.24, 2.45) is 4.99 Å². The summed E-state index contributed by atoms with van der Waals surface area (Å²) >= 11 is 0. The van der Waals surface area contributed by atoms with E-state index in [0.29, 0.717) is 6.04 Å². The van der Waals surface area contributed by atoms with Crippen molar-refractivity contribution in [3.63, 3.8) is 0 Å². The summed E-state index contributed by atoms with van der Waals surface area (Å²) < 4.78 is 5.20. The van der Waals surface area contributed by atoms with Crippen LogP contribution in [0.3, 0.4) is 0 Å². The molecule has 0 bridgehead atoms. The minimum absolute atomic E-state index is 0.336. The molecule has 0 fully saturated rings. The topological polar surface area (TPSA) is 24.8 Å². The molecule has 0 radical (unpaired) electrons. The van der Waals surface area contributed by atoms with E-state index in [1.54, 1.807) is 0 Å². The molecular weight excluding hydrogens is 116 g/mol. The quantitative estimate of drug-likeness (QED) is 0.469. The van der Waals surface area contributed by atoms with Gasteiger partial charge in [-0.3, -0.25) is 0 Å². The molecule has 52 valence electrons. The third-order valence-corrected chi connectivity index (χ3v) is 1.17. The summed E-state index contributed by atoms with van der Waals surface area (Å²) in [6, 6.07) is 1.09. The minimum atomic E-state index is 0.336.